The van der Waals surface area contributed by atoms with Crippen molar-refractivity contribution < 1.29 is 49.3 Å². The molecule has 6 heterocycles. The van der Waals surface area contributed by atoms with Crippen molar-refractivity contribution >= 4 is 0 Å². The van der Waals surface area contributed by atoms with Gasteiger partial charge in [0.25, 0.3) is 0 Å². The number of benzene rings is 6. The normalized spacial score (nSPS) is 13.9. The molecular weight excluding hydrogens is 1320 g/mol. The highest BCUT2D eigenvalue weighted by Gasteiger charge is 2.23. The van der Waals surface area contributed by atoms with Crippen LogP contribution in [0.5, 0.6) is 0 Å². The number of hydrogen-bond acceptors (Lipinski definition) is 0. The molecule has 109 heavy (non-hydrogen) atoms. The van der Waals surface area contributed by atoms with Gasteiger partial charge in [0.2, 0.25) is 34.2 Å². The van der Waals surface area contributed by atoms with Crippen molar-refractivity contribution in [3.05, 3.63) is 316 Å². The molecule has 0 atom stereocenters. The molecule has 0 unspecified atom stereocenters. The van der Waals surface area contributed by atoms with E-state index in [0.29, 0.717) is 11.4 Å². The quantitative estimate of drug-likeness (QED) is 0.129. The minimum absolute atomic E-state index is 0.0192. The number of pyridine rings is 6. The molecule has 6 aromatic heterocycles. The molecule has 6 aromatic carbocycles. The standard InChI is InChI=1S/C20H28N.C19H26N.C17H22N.2C16H20N.C15H18N/c1-14-8-9-18(15(2)10-14)19-11-17(12-20(4,5)6)16(3)13-21(19)7;1-13(2)9-17-11-19(20(6)12-16(17)5)18-8-7-14(3)10-15(18)4;1-11-7-13(3)15(5)16(8-11)17-9-12(2)14(4)10-18(17)6;1-11-6-7-16(17(5)10-11)15-9-13(3)12(2)8-14(15)4;1-11-6-7-16(17(5)10-11)15-9-12(2)8-13(3)14(15)4;1-11-9-12(2)13(3)14(10-11)15-7-5-6-8-16(15)4/h8-11,13H,12H2,1-7H3;7-8,10-13H,9H2,1-6H3;7-10H,1-6H3;2*6-10H,1-5H3;5-10H,1-4H3/q6*+1/i1D3,3D3,12D2;3D3,5D3,9D2;;;;. The Morgan fingerprint density at radius 1 is 0.284 bits per heavy atom. The predicted octanol–water partition coefficient (Wildman–Crippen LogP) is 22.6. The monoisotopic (exact) mass is 1470 g/mol. The molecule has 0 bridgehead atoms. The summed E-state index contributed by atoms with van der Waals surface area (Å²) >= 11 is 0. The topological polar surface area (TPSA) is 23.3 Å². The van der Waals surface area contributed by atoms with Gasteiger partial charge in [0.15, 0.2) is 37.2 Å². The zero-order valence-corrected chi connectivity index (χ0v) is 71.1. The lowest BCUT2D eigenvalue weighted by molar-refractivity contribution is -0.660. The molecular formula is C103H134N6+6. The fourth-order valence-electron chi connectivity index (χ4n) is 13.8. The van der Waals surface area contributed by atoms with Gasteiger partial charge in [-0.1, -0.05) is 111 Å². The Kier molecular flexibility index (Phi) is 22.4. The van der Waals surface area contributed by atoms with Crippen LogP contribution < -0.4 is 27.4 Å². The number of rotatable bonds is 9. The maximum Gasteiger partial charge on any atom is 0.212 e. The highest BCUT2D eigenvalue weighted by molar-refractivity contribution is 5.68. The van der Waals surface area contributed by atoms with E-state index in [2.05, 4.69) is 279 Å². The van der Waals surface area contributed by atoms with E-state index >= 15 is 0 Å². The molecule has 6 nitrogen and oxygen atoms in total. The molecule has 0 saturated heterocycles. The summed E-state index contributed by atoms with van der Waals surface area (Å²) in [5.74, 6) is -0.423. The third-order valence-corrected chi connectivity index (χ3v) is 20.2. The summed E-state index contributed by atoms with van der Waals surface area (Å²) in [7, 11) is 11.8. The van der Waals surface area contributed by atoms with Gasteiger partial charge in [-0.3, -0.25) is 0 Å². The van der Waals surface area contributed by atoms with Gasteiger partial charge in [-0.15, -0.1) is 0 Å². The van der Waals surface area contributed by atoms with Crippen LogP contribution in [0, 0.1) is 163 Å². The first-order chi connectivity index (χ1) is 57.4. The predicted molar refractivity (Wildman–Crippen MR) is 464 cm³/mol. The second-order valence-corrected chi connectivity index (χ2v) is 31.7. The molecule has 570 valence electrons. The van der Waals surface area contributed by atoms with Crippen molar-refractivity contribution in [1.29, 1.82) is 0 Å². The summed E-state index contributed by atoms with van der Waals surface area (Å²) in [5, 5.41) is 0. The van der Waals surface area contributed by atoms with Gasteiger partial charge in [-0.05, 0) is 309 Å². The number of nitrogens with zero attached hydrogens (tertiary/aromatic N) is 6. The van der Waals surface area contributed by atoms with Crippen molar-refractivity contribution in [3.63, 3.8) is 0 Å². The zero-order chi connectivity index (χ0) is 94.5. The molecule has 12 aromatic rings. The molecule has 0 aliphatic carbocycles. The van der Waals surface area contributed by atoms with E-state index in [9.17, 15) is 0 Å². The Labute approximate surface area is 683 Å². The Bertz CT molecular complexity index is 5930. The molecule has 0 spiro atoms. The minimum Gasteiger partial charge on any atom is -0.201 e. The van der Waals surface area contributed by atoms with Crippen molar-refractivity contribution in [2.75, 3.05) is 0 Å². The highest BCUT2D eigenvalue weighted by Crippen LogP contribution is 2.32. The average molecular weight is 1470 g/mol. The maximum atomic E-state index is 8.67. The van der Waals surface area contributed by atoms with Crippen molar-refractivity contribution in [1.82, 2.24) is 0 Å². The summed E-state index contributed by atoms with van der Waals surface area (Å²) in [6.07, 6.45) is 7.82. The Hall–Kier alpha value is -9.78. The summed E-state index contributed by atoms with van der Waals surface area (Å²) in [6, 6.07) is 48.3. The molecule has 0 fully saturated rings. The fraction of sp³-hybridized carbons (Fsp3) is 0.359. The third-order valence-electron chi connectivity index (χ3n) is 20.2. The van der Waals surface area contributed by atoms with E-state index in [1.165, 1.54) is 159 Å². The van der Waals surface area contributed by atoms with E-state index in [0.717, 1.165) is 22.3 Å². The molecule has 12 rings (SSSR count). The van der Waals surface area contributed by atoms with E-state index in [4.69, 9.17) is 21.9 Å². The van der Waals surface area contributed by atoms with Crippen LogP contribution in [0.1, 0.15) is 190 Å². The van der Waals surface area contributed by atoms with Crippen LogP contribution in [0.3, 0.4) is 0 Å². The van der Waals surface area contributed by atoms with Crippen molar-refractivity contribution in [2.24, 2.45) is 53.6 Å². The summed E-state index contributed by atoms with van der Waals surface area (Å²) in [5.41, 5.74) is 35.9. The number of aryl methyl sites for hydroxylation is 25. The first-order valence-electron chi connectivity index (χ1n) is 45.9. The maximum absolute atomic E-state index is 8.67. The Morgan fingerprint density at radius 3 is 1.06 bits per heavy atom. The van der Waals surface area contributed by atoms with Crippen LogP contribution in [0.4, 0.5) is 0 Å². The van der Waals surface area contributed by atoms with Gasteiger partial charge in [-0.25, -0.2) is 27.4 Å². The smallest absolute Gasteiger partial charge is 0.201 e. The molecule has 0 aliphatic rings. The molecule has 6 heteroatoms. The molecule has 0 amide bonds. The van der Waals surface area contributed by atoms with Gasteiger partial charge < -0.3 is 0 Å². The van der Waals surface area contributed by atoms with Crippen LogP contribution in [0.15, 0.2) is 183 Å². The minimum atomic E-state index is -2.47. The summed E-state index contributed by atoms with van der Waals surface area (Å²) in [6.45, 7) is 37.6. The lowest BCUT2D eigenvalue weighted by Gasteiger charge is -2.19. The van der Waals surface area contributed by atoms with Gasteiger partial charge in [0.05, 0.1) is 0 Å². The largest absolute Gasteiger partial charge is 0.212 e. The van der Waals surface area contributed by atoms with Gasteiger partial charge in [-0.2, -0.15) is 0 Å². The van der Waals surface area contributed by atoms with E-state index in [-0.39, 0.29) is 33.4 Å². The molecule has 0 saturated carbocycles. The summed E-state index contributed by atoms with van der Waals surface area (Å²) < 4.78 is 139. The summed E-state index contributed by atoms with van der Waals surface area (Å²) in [4.78, 5) is 0. The lowest BCUT2D eigenvalue weighted by Crippen LogP contribution is -2.32. The SMILES string of the molecule is Cc1cc(C)c(C)c(-c2cc(C)c(C)c[n+]2C)c1.Cc1cc(C)c(C)c(-c2ccc(C)c[n+]2C)c1.Cc1cc(C)c(C)c(-c2cccc[n+]2C)c1.Cc1ccc(-c2cc(C)c(C)cc2C)[n+](C)c1.[2H]C([2H])([2H])c1ccc(-c2cc(C([2H])([2H])C(C)(C)C)c(C([2H])([2H])[2H])c[n+]2C)c(C)c1.[2H]C([2H])([2H])c1ccc(-c2cc(C([2H])([2H])C(C)C)c(C([2H])([2H])[2H])c[n+]2C)c(C)c1. The Morgan fingerprint density at radius 2 is 0.642 bits per heavy atom. The average Bonchev–Trinajstić information content (AvgIpc) is 0.740. The van der Waals surface area contributed by atoms with Crippen LogP contribution in [0.2, 0.25) is 0 Å². The second-order valence-electron chi connectivity index (χ2n) is 31.7. The molecule has 0 aliphatic heterocycles. The van der Waals surface area contributed by atoms with Crippen LogP contribution in [-0.2, 0) is 55.0 Å². The van der Waals surface area contributed by atoms with E-state index in [1.54, 1.807) is 108 Å². The van der Waals surface area contributed by atoms with Crippen LogP contribution >= 0.6 is 0 Å². The van der Waals surface area contributed by atoms with E-state index in [1.807, 2.05) is 0 Å². The lowest BCUT2D eigenvalue weighted by atomic mass is 9.86. The fourth-order valence-corrected chi connectivity index (χ4v) is 13.8. The number of hydrogen-bond donors (Lipinski definition) is 0. The highest BCUT2D eigenvalue weighted by atomic mass is 14.9. The Balaban J connectivity index is 0.000000209. The molecule has 0 radical (unpaired) electrons. The first kappa shape index (κ1) is 65.1. The zero-order valence-electron chi connectivity index (χ0n) is 87.1. The third kappa shape index (κ3) is 23.1. The second kappa shape index (κ2) is 37.6. The van der Waals surface area contributed by atoms with E-state index < -0.39 is 51.5 Å². The van der Waals surface area contributed by atoms with Gasteiger partial charge in [0.1, 0.15) is 42.3 Å². The van der Waals surface area contributed by atoms with Crippen molar-refractivity contribution in [3.8, 4) is 67.5 Å². The van der Waals surface area contributed by atoms with Gasteiger partial charge >= 0.3 is 0 Å². The van der Waals surface area contributed by atoms with Crippen molar-refractivity contribution in [2.45, 2.75) is 199 Å². The van der Waals surface area contributed by atoms with Crippen LogP contribution in [0.25, 0.3) is 67.5 Å². The van der Waals surface area contributed by atoms with Gasteiger partial charge in [0, 0.05) is 126 Å². The number of aromatic nitrogens is 6. The molecule has 0 N–H and O–H groups in total. The first-order valence-corrected chi connectivity index (χ1v) is 37.9. The van der Waals surface area contributed by atoms with Crippen LogP contribution in [-0.4, -0.2) is 0 Å².